The summed E-state index contributed by atoms with van der Waals surface area (Å²) in [5.74, 6) is -1.26. The summed E-state index contributed by atoms with van der Waals surface area (Å²) in [6, 6.07) is 12.6. The van der Waals surface area contributed by atoms with Crippen LogP contribution in [-0.2, 0) is 20.9 Å². The Morgan fingerprint density at radius 3 is 2.55 bits per heavy atom. The summed E-state index contributed by atoms with van der Waals surface area (Å²) in [4.78, 5) is 39.6. The molecule has 152 valence electrons. The Kier molecular flexibility index (Phi) is 6.59. The van der Waals surface area contributed by atoms with Gasteiger partial charge in [-0.1, -0.05) is 12.1 Å². The Labute approximate surface area is 168 Å². The van der Waals surface area contributed by atoms with E-state index in [9.17, 15) is 18.8 Å². The van der Waals surface area contributed by atoms with Crippen LogP contribution in [0.25, 0.3) is 0 Å². The fraction of sp³-hybridized carbons (Fsp3) is 0.318. The molecule has 3 rings (SSSR count). The molecule has 0 unspecified atom stereocenters. The Balaban J connectivity index is 1.54. The van der Waals surface area contributed by atoms with Crippen molar-refractivity contribution in [3.8, 4) is 0 Å². The van der Waals surface area contributed by atoms with Gasteiger partial charge in [0.2, 0.25) is 5.91 Å². The molecule has 29 heavy (non-hydrogen) atoms. The van der Waals surface area contributed by atoms with E-state index in [-0.39, 0.29) is 24.2 Å². The van der Waals surface area contributed by atoms with E-state index in [0.717, 1.165) is 12.1 Å². The molecule has 1 aliphatic rings. The molecule has 1 saturated heterocycles. The fourth-order valence-corrected chi connectivity index (χ4v) is 3.23. The van der Waals surface area contributed by atoms with E-state index in [1.807, 2.05) is 0 Å². The molecule has 0 atom stereocenters. The topological polar surface area (TPSA) is 66.9 Å². The number of hydrogen-bond donors (Lipinski definition) is 0. The van der Waals surface area contributed by atoms with Gasteiger partial charge in [-0.3, -0.25) is 9.59 Å². The normalized spacial score (nSPS) is 13.4. The lowest BCUT2D eigenvalue weighted by Gasteiger charge is -2.21. The monoisotopic (exact) mass is 398 g/mol. The number of esters is 1. The van der Waals surface area contributed by atoms with E-state index in [4.69, 9.17) is 4.74 Å². The molecule has 2 aromatic carbocycles. The van der Waals surface area contributed by atoms with Crippen LogP contribution in [0.4, 0.5) is 10.1 Å². The predicted octanol–water partition coefficient (Wildman–Crippen LogP) is 3.16. The number of benzene rings is 2. The Hall–Kier alpha value is -3.22. The van der Waals surface area contributed by atoms with Crippen molar-refractivity contribution in [2.24, 2.45) is 0 Å². The zero-order chi connectivity index (χ0) is 20.8. The molecule has 1 fully saturated rings. The number of anilines is 1. The van der Waals surface area contributed by atoms with Crippen LogP contribution < -0.4 is 4.90 Å². The molecule has 0 aliphatic carbocycles. The van der Waals surface area contributed by atoms with Gasteiger partial charge in [-0.25, -0.2) is 9.18 Å². The maximum absolute atomic E-state index is 13.3. The standard InChI is InChI=1S/C22H23FN2O4/c1-2-24(14-16-5-3-6-18(23)13-16)21(27)15-29-22(28)17-8-10-19(11-9-17)25-12-4-7-20(25)26/h3,5-6,8-11,13H,2,4,7,12,14-15H2,1H3. The molecule has 6 nitrogen and oxygen atoms in total. The van der Waals surface area contributed by atoms with E-state index in [1.165, 1.54) is 17.0 Å². The third kappa shape index (κ3) is 5.19. The predicted molar refractivity (Wildman–Crippen MR) is 106 cm³/mol. The highest BCUT2D eigenvalue weighted by Gasteiger charge is 2.22. The third-order valence-electron chi connectivity index (χ3n) is 4.81. The largest absolute Gasteiger partial charge is 0.452 e. The maximum atomic E-state index is 13.3. The number of halogens is 1. The molecular formula is C22H23FN2O4. The van der Waals surface area contributed by atoms with Crippen molar-refractivity contribution in [1.82, 2.24) is 4.90 Å². The minimum atomic E-state index is -0.612. The van der Waals surface area contributed by atoms with Gasteiger partial charge in [0.25, 0.3) is 5.91 Å². The summed E-state index contributed by atoms with van der Waals surface area (Å²) in [7, 11) is 0. The number of hydrogen-bond acceptors (Lipinski definition) is 4. The molecule has 0 spiro atoms. The van der Waals surface area contributed by atoms with Gasteiger partial charge in [-0.2, -0.15) is 0 Å². The summed E-state index contributed by atoms with van der Waals surface area (Å²) < 4.78 is 18.5. The summed E-state index contributed by atoms with van der Waals surface area (Å²) in [5.41, 5.74) is 1.72. The van der Waals surface area contributed by atoms with E-state index < -0.39 is 12.6 Å². The van der Waals surface area contributed by atoms with Crippen LogP contribution in [0.5, 0.6) is 0 Å². The fourth-order valence-electron chi connectivity index (χ4n) is 3.23. The lowest BCUT2D eigenvalue weighted by atomic mass is 10.2. The van der Waals surface area contributed by atoms with E-state index in [0.29, 0.717) is 30.6 Å². The van der Waals surface area contributed by atoms with Crippen molar-refractivity contribution < 1.29 is 23.5 Å². The summed E-state index contributed by atoms with van der Waals surface area (Å²) >= 11 is 0. The minimum Gasteiger partial charge on any atom is -0.452 e. The molecule has 0 aromatic heterocycles. The molecule has 7 heteroatoms. The highest BCUT2D eigenvalue weighted by molar-refractivity contribution is 5.96. The number of amides is 2. The van der Waals surface area contributed by atoms with Gasteiger partial charge in [-0.05, 0) is 55.3 Å². The number of nitrogens with zero attached hydrogens (tertiary/aromatic N) is 2. The van der Waals surface area contributed by atoms with Gasteiger partial charge in [0.05, 0.1) is 5.56 Å². The molecule has 0 N–H and O–H groups in total. The first kappa shape index (κ1) is 20.5. The van der Waals surface area contributed by atoms with Crippen LogP contribution in [0, 0.1) is 5.82 Å². The van der Waals surface area contributed by atoms with E-state index >= 15 is 0 Å². The lowest BCUT2D eigenvalue weighted by molar-refractivity contribution is -0.135. The first-order chi connectivity index (χ1) is 14.0. The Morgan fingerprint density at radius 1 is 1.17 bits per heavy atom. The van der Waals surface area contributed by atoms with Crippen LogP contribution in [-0.4, -0.2) is 42.4 Å². The second-order valence-corrected chi connectivity index (χ2v) is 6.81. The molecule has 0 bridgehead atoms. The third-order valence-corrected chi connectivity index (χ3v) is 4.81. The summed E-state index contributed by atoms with van der Waals surface area (Å²) in [6.45, 7) is 2.73. The lowest BCUT2D eigenvalue weighted by Crippen LogP contribution is -2.34. The van der Waals surface area contributed by atoms with Crippen molar-refractivity contribution in [1.29, 1.82) is 0 Å². The smallest absolute Gasteiger partial charge is 0.338 e. The van der Waals surface area contributed by atoms with Gasteiger partial charge in [0, 0.05) is 31.7 Å². The molecular weight excluding hydrogens is 375 g/mol. The van der Waals surface area contributed by atoms with Crippen molar-refractivity contribution in [3.63, 3.8) is 0 Å². The highest BCUT2D eigenvalue weighted by atomic mass is 19.1. The second kappa shape index (κ2) is 9.32. The van der Waals surface area contributed by atoms with Gasteiger partial charge in [0.1, 0.15) is 5.82 Å². The molecule has 0 saturated carbocycles. The number of carbonyl (C=O) groups excluding carboxylic acids is 3. The molecule has 0 radical (unpaired) electrons. The minimum absolute atomic E-state index is 0.0730. The summed E-state index contributed by atoms with van der Waals surface area (Å²) in [6.07, 6.45) is 1.36. The quantitative estimate of drug-likeness (QED) is 0.672. The van der Waals surface area contributed by atoms with E-state index in [2.05, 4.69) is 0 Å². The Bertz CT molecular complexity index is 898. The zero-order valence-electron chi connectivity index (χ0n) is 16.3. The van der Waals surface area contributed by atoms with Gasteiger partial charge in [-0.15, -0.1) is 0 Å². The van der Waals surface area contributed by atoms with Crippen LogP contribution in [0.2, 0.25) is 0 Å². The number of ether oxygens (including phenoxy) is 1. The molecule has 1 heterocycles. The average molecular weight is 398 g/mol. The zero-order valence-corrected chi connectivity index (χ0v) is 16.3. The molecule has 2 aromatic rings. The second-order valence-electron chi connectivity index (χ2n) is 6.81. The van der Waals surface area contributed by atoms with E-state index in [1.54, 1.807) is 48.2 Å². The van der Waals surface area contributed by atoms with Gasteiger partial charge >= 0.3 is 5.97 Å². The van der Waals surface area contributed by atoms with Crippen molar-refractivity contribution in [3.05, 3.63) is 65.5 Å². The highest BCUT2D eigenvalue weighted by Crippen LogP contribution is 2.21. The summed E-state index contributed by atoms with van der Waals surface area (Å²) in [5, 5.41) is 0. The van der Waals surface area contributed by atoms with Gasteiger partial charge in [0.15, 0.2) is 6.61 Å². The first-order valence-electron chi connectivity index (χ1n) is 9.57. The van der Waals surface area contributed by atoms with Crippen LogP contribution in [0.1, 0.15) is 35.7 Å². The van der Waals surface area contributed by atoms with Crippen LogP contribution in [0.15, 0.2) is 48.5 Å². The SMILES string of the molecule is CCN(Cc1cccc(F)c1)C(=O)COC(=O)c1ccc(N2CCCC2=O)cc1. The number of carbonyl (C=O) groups is 3. The van der Waals surface area contributed by atoms with Crippen molar-refractivity contribution in [2.45, 2.75) is 26.3 Å². The van der Waals surface area contributed by atoms with Gasteiger partial charge < -0.3 is 14.5 Å². The molecule has 1 aliphatic heterocycles. The van der Waals surface area contributed by atoms with Crippen molar-refractivity contribution >= 4 is 23.5 Å². The van der Waals surface area contributed by atoms with Crippen molar-refractivity contribution in [2.75, 3.05) is 24.6 Å². The average Bonchev–Trinajstić information content (AvgIpc) is 3.16. The Morgan fingerprint density at radius 2 is 1.93 bits per heavy atom. The number of likely N-dealkylation sites (N-methyl/N-ethyl adjacent to an activating group) is 1. The van der Waals surface area contributed by atoms with Crippen LogP contribution >= 0.6 is 0 Å². The first-order valence-corrected chi connectivity index (χ1v) is 9.57. The molecule has 2 amide bonds. The maximum Gasteiger partial charge on any atom is 0.338 e. The number of rotatable bonds is 7. The van der Waals surface area contributed by atoms with Crippen LogP contribution in [0.3, 0.4) is 0 Å².